The van der Waals surface area contributed by atoms with Crippen LogP contribution >= 0.6 is 0 Å². The van der Waals surface area contributed by atoms with E-state index in [4.69, 9.17) is 57.1 Å². The van der Waals surface area contributed by atoms with Gasteiger partial charge in [0, 0.05) is 13.8 Å². The Kier molecular flexibility index (Phi) is 67.7. The lowest BCUT2D eigenvalue weighted by Gasteiger charge is -2.39. The molecule has 1 rings (SSSR count). The molecule has 1 saturated heterocycles. The second kappa shape index (κ2) is 59.3. The standard InChI is InChI=1S/C16H36N.C13H28O4Si.C12H26O5Si.C8H20O2Si.C7H14O4.C4H6O3.C3H6O.CO2.FH/c1-5-9-13-17(14-10-6-2,15-11-7-3)16-12-8-4;1-11(2)10-16-12(14)15-8-9-17-18(6,7)13(3,4)5;1-10(13)9-16-11(14)15-7-8-17-18(5,6)12(2,3)4;1-8(2,3)11(4,5)10-7-6-9;1-6(2)5-11-7(9)10-4-3-8;1-3(5)7-4(2)6;1-3-2-4-3;2-1-3;/h5-16H2,1-4H3;11H,8-10H2,1-7H3;10,13H,7-9H2,1-6H3;9H,6-7H2,1-5H3;6,8H,3-5H2,1-2H3;1-2H3;3H,2H2,1H3;;1H/q+1;;;;;;;;/p-1. The molecule has 1 heterocycles. The third kappa shape index (κ3) is 72.0. The molecule has 1 aliphatic heterocycles. The fourth-order valence-corrected chi connectivity index (χ4v) is 8.74. The lowest BCUT2D eigenvalue weighted by atomic mass is 10.1. The van der Waals surface area contributed by atoms with Crippen molar-refractivity contribution in [3.05, 3.63) is 0 Å². The van der Waals surface area contributed by atoms with Crippen LogP contribution < -0.4 is 4.70 Å². The summed E-state index contributed by atoms with van der Waals surface area (Å²) in [5.41, 5.74) is 0. The van der Waals surface area contributed by atoms with E-state index in [1.54, 1.807) is 0 Å². The molecule has 0 aliphatic carbocycles. The largest absolute Gasteiger partial charge is 1.00 e. The van der Waals surface area contributed by atoms with Crippen molar-refractivity contribution in [1.82, 2.24) is 0 Å². The van der Waals surface area contributed by atoms with Crippen LogP contribution in [0.5, 0.6) is 0 Å². The molecular weight excluding hydrogens is 1220 g/mol. The number of hydrogen-bond acceptors (Lipinski definition) is 21. The van der Waals surface area contributed by atoms with E-state index in [-0.39, 0.29) is 65.6 Å². The van der Waals surface area contributed by atoms with Gasteiger partial charge in [0.25, 0.3) is 0 Å². The Balaban J connectivity index is -0.000000148. The Morgan fingerprint density at radius 1 is 0.500 bits per heavy atom. The van der Waals surface area contributed by atoms with E-state index in [0.717, 1.165) is 6.61 Å². The van der Waals surface area contributed by atoms with Crippen LogP contribution in [0.1, 0.15) is 197 Å². The van der Waals surface area contributed by atoms with Gasteiger partial charge in [0.1, 0.15) is 26.4 Å². The first kappa shape index (κ1) is 103. The average Bonchev–Trinajstić information content (AvgIpc) is 1.48. The van der Waals surface area contributed by atoms with Gasteiger partial charge in [0.2, 0.25) is 0 Å². The Hall–Kier alpha value is -3.41. The molecule has 1 aliphatic rings. The summed E-state index contributed by atoms with van der Waals surface area (Å²) in [4.78, 5) is 68.7. The number of aliphatic hydroxyl groups is 3. The van der Waals surface area contributed by atoms with Crippen LogP contribution in [0.25, 0.3) is 0 Å². The summed E-state index contributed by atoms with van der Waals surface area (Å²) < 4.78 is 55.8. The number of epoxide rings is 1. The van der Waals surface area contributed by atoms with E-state index in [9.17, 15) is 24.0 Å². The highest BCUT2D eigenvalue weighted by atomic mass is 28.4. The van der Waals surface area contributed by atoms with Crippen molar-refractivity contribution in [3.63, 3.8) is 0 Å². The first-order valence-electron chi connectivity index (χ1n) is 32.1. The Morgan fingerprint density at radius 3 is 0.933 bits per heavy atom. The lowest BCUT2D eigenvalue weighted by Crippen LogP contribution is -3.00. The molecule has 0 radical (unpaired) electrons. The Labute approximate surface area is 549 Å². The van der Waals surface area contributed by atoms with Crippen LogP contribution in [0.2, 0.25) is 54.4 Å². The van der Waals surface area contributed by atoms with Gasteiger partial charge in [-0.2, -0.15) is 9.59 Å². The van der Waals surface area contributed by atoms with Crippen molar-refractivity contribution < 1.29 is 109 Å². The van der Waals surface area contributed by atoms with Gasteiger partial charge in [-0.05, 0) is 106 Å². The Bertz CT molecular complexity index is 1660. The van der Waals surface area contributed by atoms with Crippen LogP contribution in [0.15, 0.2) is 0 Å². The van der Waals surface area contributed by atoms with Crippen LogP contribution in [-0.2, 0) is 70.4 Å². The first-order valence-corrected chi connectivity index (χ1v) is 40.9. The number of rotatable bonds is 31. The average molecular weight is 1360 g/mol. The zero-order valence-corrected chi connectivity index (χ0v) is 64.8. The van der Waals surface area contributed by atoms with Gasteiger partial charge < -0.3 is 75.7 Å². The number of ether oxygens (including phenoxy) is 8. The normalized spacial score (nSPS) is 13.0. The smallest absolute Gasteiger partial charge is 0.508 e. The molecular formula is C64H136FNO21Si3. The number of unbranched alkanes of at least 4 members (excludes halogenated alkanes) is 4. The molecule has 22 nitrogen and oxygen atoms in total. The lowest BCUT2D eigenvalue weighted by molar-refractivity contribution is -0.929. The molecule has 0 bridgehead atoms. The highest BCUT2D eigenvalue weighted by Crippen LogP contribution is 2.38. The second-order valence-corrected chi connectivity index (χ2v) is 41.5. The summed E-state index contributed by atoms with van der Waals surface area (Å²) in [6.45, 7) is 64.7. The fourth-order valence-electron chi connectivity index (χ4n) is 5.65. The molecule has 0 amide bonds. The summed E-state index contributed by atoms with van der Waals surface area (Å²) >= 11 is 0. The van der Waals surface area contributed by atoms with E-state index >= 15 is 0 Å². The molecule has 1 fully saturated rings. The molecule has 542 valence electrons. The third-order valence-electron chi connectivity index (χ3n) is 14.1. The van der Waals surface area contributed by atoms with Crippen LogP contribution in [0.3, 0.4) is 0 Å². The molecule has 0 aromatic heterocycles. The number of carbonyl (C=O) groups excluding carboxylic acids is 7. The zero-order chi connectivity index (χ0) is 71.2. The maximum atomic E-state index is 11.2. The third-order valence-corrected chi connectivity index (χ3v) is 27.7. The fraction of sp³-hybridized carbons (Fsp3) is 0.906. The molecule has 0 saturated carbocycles. The summed E-state index contributed by atoms with van der Waals surface area (Å²) in [7, 11) is -5.12. The van der Waals surface area contributed by atoms with Gasteiger partial charge in [-0.1, -0.05) is 143 Å². The summed E-state index contributed by atoms with van der Waals surface area (Å²) in [6.07, 6.45) is 9.12. The number of carbonyl (C=O) groups is 5. The van der Waals surface area contributed by atoms with Crippen LogP contribution in [0.4, 0.5) is 14.4 Å². The van der Waals surface area contributed by atoms with E-state index in [2.05, 4.69) is 155 Å². The number of nitrogens with zero attached hydrogens (tertiary/aromatic N) is 1. The van der Waals surface area contributed by atoms with E-state index in [1.165, 1.54) is 103 Å². The predicted molar refractivity (Wildman–Crippen MR) is 359 cm³/mol. The van der Waals surface area contributed by atoms with Gasteiger partial charge in [-0.25, -0.2) is 14.4 Å². The van der Waals surface area contributed by atoms with Gasteiger partial charge in [0.15, 0.2) is 25.0 Å². The molecule has 3 N–H and O–H groups in total. The van der Waals surface area contributed by atoms with Gasteiger partial charge in [-0.3, -0.25) is 9.59 Å². The van der Waals surface area contributed by atoms with Gasteiger partial charge in [-0.15, -0.1) is 0 Å². The van der Waals surface area contributed by atoms with Crippen molar-refractivity contribution in [2.75, 3.05) is 105 Å². The molecule has 2 unspecified atom stereocenters. The maximum absolute atomic E-state index is 11.2. The first-order chi connectivity index (χ1) is 40.8. The minimum atomic E-state index is -1.79. The topological polar surface area (TPSA) is 285 Å². The van der Waals surface area contributed by atoms with Crippen LogP contribution in [-0.4, -0.2) is 199 Å². The van der Waals surface area contributed by atoms with Gasteiger partial charge >= 0.3 is 36.6 Å². The van der Waals surface area contributed by atoms with Crippen molar-refractivity contribution in [2.24, 2.45) is 11.8 Å². The highest BCUT2D eigenvalue weighted by Gasteiger charge is 2.39. The minimum absolute atomic E-state index is 0. The van der Waals surface area contributed by atoms with Crippen molar-refractivity contribution in [2.45, 2.75) is 263 Å². The maximum Gasteiger partial charge on any atom is 0.508 e. The molecule has 2 atom stereocenters. The molecule has 26 heteroatoms. The number of esters is 2. The molecule has 0 aromatic carbocycles. The molecule has 0 aromatic rings. The quantitative estimate of drug-likeness (QED) is 0.0111. The van der Waals surface area contributed by atoms with Crippen molar-refractivity contribution >= 4 is 61.5 Å². The highest BCUT2D eigenvalue weighted by molar-refractivity contribution is 6.74. The minimum Gasteiger partial charge on any atom is -1.00 e. The summed E-state index contributed by atoms with van der Waals surface area (Å²) in [5.74, 6) is -0.502. The van der Waals surface area contributed by atoms with Crippen molar-refractivity contribution in [3.8, 4) is 0 Å². The van der Waals surface area contributed by atoms with Crippen LogP contribution in [0, 0.1) is 11.8 Å². The number of quaternary nitrogens is 1. The molecule has 90 heavy (non-hydrogen) atoms. The number of halogens is 1. The predicted octanol–water partition coefficient (Wildman–Crippen LogP) is 11.1. The van der Waals surface area contributed by atoms with E-state index < -0.39 is 61.5 Å². The Morgan fingerprint density at radius 2 is 0.744 bits per heavy atom. The van der Waals surface area contributed by atoms with E-state index in [1.807, 2.05) is 27.7 Å². The van der Waals surface area contributed by atoms with E-state index in [0.29, 0.717) is 51.0 Å². The molecule has 0 spiro atoms. The second-order valence-electron chi connectivity index (χ2n) is 27.1. The summed E-state index contributed by atoms with van der Waals surface area (Å²) in [5, 5.41) is 26.3. The number of hydrogen-bond donors (Lipinski definition) is 3. The van der Waals surface area contributed by atoms with Crippen molar-refractivity contribution in [1.29, 1.82) is 0 Å². The zero-order valence-electron chi connectivity index (χ0n) is 61.8. The monoisotopic (exact) mass is 1360 g/mol. The summed E-state index contributed by atoms with van der Waals surface area (Å²) in [6, 6.07) is 0. The van der Waals surface area contributed by atoms with Gasteiger partial charge in [0.05, 0.1) is 91.2 Å². The SMILES string of the molecule is CC(=O)OC(C)=O.CC(C)(C)[Si](C)(C)OCCO.CC(C)COC(=O)OCCO.CC(C)COC(=O)OCCO[Si](C)(C)C(C)(C)C.CC(O)COC(=O)OCCO[Si](C)(C)C(C)(C)C.CC1CO1.CCCC[N+](CCCC)(CCCC)CCCC.O=C=O.[F-]. The number of aliphatic hydroxyl groups excluding tert-OH is 3.